The number of para-hydroxylation sites is 1. The van der Waals surface area contributed by atoms with Crippen molar-refractivity contribution in [1.29, 1.82) is 0 Å². The minimum Gasteiger partial charge on any atom is -0.481 e. The number of aliphatic carboxylic acids is 1. The number of nitrogens with one attached hydrogen (secondary N) is 2. The Balaban J connectivity index is 1.72. The van der Waals surface area contributed by atoms with Crippen LogP contribution in [-0.4, -0.2) is 22.9 Å². The molecule has 0 unspecified atom stereocenters. The number of benzene rings is 1. The van der Waals surface area contributed by atoms with E-state index in [1.165, 1.54) is 11.3 Å². The lowest BCUT2D eigenvalue weighted by Gasteiger charge is -2.24. The second kappa shape index (κ2) is 7.97. The van der Waals surface area contributed by atoms with Crippen LogP contribution in [0.1, 0.15) is 23.2 Å². The fourth-order valence-electron chi connectivity index (χ4n) is 2.89. The summed E-state index contributed by atoms with van der Waals surface area (Å²) in [5.41, 5.74) is 1.01. The number of carboxylic acids is 1. The van der Waals surface area contributed by atoms with Crippen LogP contribution in [0.4, 0.5) is 10.7 Å². The molecule has 3 rings (SSSR count). The van der Waals surface area contributed by atoms with Crippen LogP contribution < -0.4 is 10.6 Å². The van der Waals surface area contributed by atoms with E-state index >= 15 is 0 Å². The van der Waals surface area contributed by atoms with Crippen molar-refractivity contribution in [2.24, 2.45) is 11.8 Å². The molecule has 26 heavy (non-hydrogen) atoms. The van der Waals surface area contributed by atoms with Gasteiger partial charge >= 0.3 is 5.97 Å². The second-order valence-corrected chi connectivity index (χ2v) is 6.88. The van der Waals surface area contributed by atoms with E-state index in [9.17, 15) is 19.5 Å². The van der Waals surface area contributed by atoms with Gasteiger partial charge in [0.1, 0.15) is 5.00 Å². The maximum atomic E-state index is 12.6. The fourth-order valence-corrected chi connectivity index (χ4v) is 3.67. The Morgan fingerprint density at radius 1 is 0.962 bits per heavy atom. The highest BCUT2D eigenvalue weighted by Crippen LogP contribution is 2.30. The van der Waals surface area contributed by atoms with Crippen LogP contribution in [-0.2, 0) is 9.59 Å². The number of allylic oxidation sites excluding steroid dienone is 2. The first kappa shape index (κ1) is 17.9. The number of hydrogen-bond donors (Lipinski definition) is 3. The number of thiophene rings is 1. The lowest BCUT2D eigenvalue weighted by atomic mass is 9.82. The van der Waals surface area contributed by atoms with E-state index in [-0.39, 0.29) is 11.8 Å². The van der Waals surface area contributed by atoms with Crippen LogP contribution in [0, 0.1) is 11.8 Å². The summed E-state index contributed by atoms with van der Waals surface area (Å²) < 4.78 is 0. The molecule has 2 amide bonds. The number of amides is 2. The molecule has 0 saturated heterocycles. The predicted octanol–water partition coefficient (Wildman–Crippen LogP) is 3.61. The van der Waals surface area contributed by atoms with Gasteiger partial charge in [0.2, 0.25) is 5.91 Å². The quantitative estimate of drug-likeness (QED) is 0.701. The molecule has 7 heteroatoms. The highest BCUT2D eigenvalue weighted by Gasteiger charge is 2.34. The first-order valence-corrected chi connectivity index (χ1v) is 9.07. The van der Waals surface area contributed by atoms with Crippen molar-refractivity contribution in [3.63, 3.8) is 0 Å². The molecule has 1 aromatic heterocycles. The van der Waals surface area contributed by atoms with Gasteiger partial charge < -0.3 is 15.7 Å². The number of carboxylic acid groups (broad SMARTS) is 1. The van der Waals surface area contributed by atoms with Crippen molar-refractivity contribution in [3.05, 3.63) is 59.5 Å². The highest BCUT2D eigenvalue weighted by molar-refractivity contribution is 7.14. The molecule has 0 spiro atoms. The van der Waals surface area contributed by atoms with Gasteiger partial charge in [0.25, 0.3) is 5.91 Å². The highest BCUT2D eigenvalue weighted by atomic mass is 32.1. The van der Waals surface area contributed by atoms with Gasteiger partial charge in [0, 0.05) is 5.69 Å². The van der Waals surface area contributed by atoms with E-state index in [0.717, 1.165) is 0 Å². The largest absolute Gasteiger partial charge is 0.481 e. The van der Waals surface area contributed by atoms with Crippen LogP contribution >= 0.6 is 11.3 Å². The van der Waals surface area contributed by atoms with Gasteiger partial charge in [-0.2, -0.15) is 0 Å². The average molecular weight is 370 g/mol. The summed E-state index contributed by atoms with van der Waals surface area (Å²) in [5, 5.41) is 17.0. The molecule has 2 aromatic rings. The van der Waals surface area contributed by atoms with Crippen molar-refractivity contribution >= 4 is 39.8 Å². The molecule has 0 saturated carbocycles. The summed E-state index contributed by atoms with van der Waals surface area (Å²) in [6.45, 7) is 0. The molecule has 134 valence electrons. The Labute approximate surface area is 154 Å². The molecule has 1 aliphatic carbocycles. The smallest absolute Gasteiger partial charge is 0.307 e. The molecule has 0 aliphatic heterocycles. The van der Waals surface area contributed by atoms with Crippen LogP contribution in [0.2, 0.25) is 0 Å². The molecule has 0 bridgehead atoms. The van der Waals surface area contributed by atoms with E-state index in [1.54, 1.807) is 29.7 Å². The van der Waals surface area contributed by atoms with E-state index in [0.29, 0.717) is 29.1 Å². The Kier molecular flexibility index (Phi) is 5.48. The van der Waals surface area contributed by atoms with Crippen molar-refractivity contribution in [2.75, 3.05) is 10.6 Å². The van der Waals surface area contributed by atoms with Gasteiger partial charge in [-0.3, -0.25) is 14.4 Å². The Hall–Kier alpha value is -2.93. The predicted molar refractivity (Wildman–Crippen MR) is 100 cm³/mol. The molecule has 2 atom stereocenters. The molecule has 3 N–H and O–H groups in total. The van der Waals surface area contributed by atoms with Crippen molar-refractivity contribution in [2.45, 2.75) is 12.8 Å². The molecule has 0 fully saturated rings. The summed E-state index contributed by atoms with van der Waals surface area (Å²) in [6.07, 6.45) is 4.31. The normalized spacial score (nSPS) is 18.9. The molecule has 1 aliphatic rings. The van der Waals surface area contributed by atoms with Gasteiger partial charge in [-0.05, 0) is 36.4 Å². The molecule has 1 heterocycles. The van der Waals surface area contributed by atoms with Gasteiger partial charge in [-0.1, -0.05) is 30.4 Å². The van der Waals surface area contributed by atoms with E-state index < -0.39 is 17.8 Å². The maximum absolute atomic E-state index is 12.6. The zero-order valence-corrected chi connectivity index (χ0v) is 14.7. The average Bonchev–Trinajstić information content (AvgIpc) is 3.10. The monoisotopic (exact) mass is 370 g/mol. The molecule has 1 aromatic carbocycles. The van der Waals surface area contributed by atoms with Crippen LogP contribution in [0.3, 0.4) is 0 Å². The Bertz CT molecular complexity index is 844. The second-order valence-electron chi connectivity index (χ2n) is 5.97. The summed E-state index contributed by atoms with van der Waals surface area (Å²) >= 11 is 1.23. The van der Waals surface area contributed by atoms with Crippen LogP contribution in [0.15, 0.2) is 53.9 Å². The van der Waals surface area contributed by atoms with Gasteiger partial charge in [-0.25, -0.2) is 0 Å². The number of carbonyl (C=O) groups excluding carboxylic acids is 2. The lowest BCUT2D eigenvalue weighted by Crippen LogP contribution is -2.34. The molecular formula is C19H18N2O4S. The van der Waals surface area contributed by atoms with Gasteiger partial charge in [0.15, 0.2) is 0 Å². The van der Waals surface area contributed by atoms with Crippen molar-refractivity contribution < 1.29 is 19.5 Å². The van der Waals surface area contributed by atoms with Gasteiger partial charge in [0.05, 0.1) is 17.4 Å². The topological polar surface area (TPSA) is 95.5 Å². The zero-order valence-electron chi connectivity index (χ0n) is 13.8. The first-order chi connectivity index (χ1) is 12.6. The van der Waals surface area contributed by atoms with Crippen molar-refractivity contribution in [1.82, 2.24) is 0 Å². The maximum Gasteiger partial charge on any atom is 0.307 e. The van der Waals surface area contributed by atoms with E-state index in [2.05, 4.69) is 10.6 Å². The van der Waals surface area contributed by atoms with Crippen LogP contribution in [0.5, 0.6) is 0 Å². The first-order valence-electron chi connectivity index (χ1n) is 8.19. The third kappa shape index (κ3) is 4.00. The zero-order chi connectivity index (χ0) is 18.5. The molecule has 6 nitrogen and oxygen atoms in total. The minimum atomic E-state index is -0.984. The Morgan fingerprint density at radius 3 is 2.35 bits per heavy atom. The lowest BCUT2D eigenvalue weighted by molar-refractivity contribution is -0.146. The summed E-state index contributed by atoms with van der Waals surface area (Å²) in [5.74, 6) is -3.09. The standard InChI is InChI=1S/C19H18N2O4S/c22-16(13-8-4-5-9-14(13)19(24)25)21-18-15(10-11-26-18)17(23)20-12-6-2-1-3-7-12/h1-7,10-11,13-14H,8-9H2,(H,20,23)(H,21,22)(H,24,25)/t13-,14+/m1/s1. The number of carbonyl (C=O) groups is 3. The molecule has 0 radical (unpaired) electrons. The van der Waals surface area contributed by atoms with E-state index in [4.69, 9.17) is 0 Å². The molecular weight excluding hydrogens is 352 g/mol. The number of anilines is 2. The summed E-state index contributed by atoms with van der Waals surface area (Å²) in [6, 6.07) is 10.7. The minimum absolute atomic E-state index is 0.328. The summed E-state index contributed by atoms with van der Waals surface area (Å²) in [7, 11) is 0. The third-order valence-electron chi connectivity index (χ3n) is 4.26. The van der Waals surface area contributed by atoms with Crippen molar-refractivity contribution in [3.8, 4) is 0 Å². The van der Waals surface area contributed by atoms with Crippen LogP contribution in [0.25, 0.3) is 0 Å². The van der Waals surface area contributed by atoms with Gasteiger partial charge in [-0.15, -0.1) is 11.3 Å². The van der Waals surface area contributed by atoms with E-state index in [1.807, 2.05) is 24.3 Å². The number of hydrogen-bond acceptors (Lipinski definition) is 4. The third-order valence-corrected chi connectivity index (χ3v) is 5.09. The fraction of sp³-hybridized carbons (Fsp3) is 0.211. The number of rotatable bonds is 5. The SMILES string of the molecule is O=C(Nc1ccccc1)c1ccsc1NC(=O)[C@@H]1CC=CC[C@@H]1C(=O)O. The summed E-state index contributed by atoms with van der Waals surface area (Å²) in [4.78, 5) is 36.4. The Morgan fingerprint density at radius 2 is 1.65 bits per heavy atom.